The highest BCUT2D eigenvalue weighted by Crippen LogP contribution is 2.32. The van der Waals surface area contributed by atoms with E-state index in [1.165, 1.54) is 6.92 Å². The second-order valence-electron chi connectivity index (χ2n) is 7.07. The second kappa shape index (κ2) is 12.8. The lowest BCUT2D eigenvalue weighted by atomic mass is 9.94. The van der Waals surface area contributed by atoms with Crippen molar-refractivity contribution < 1.29 is 32.4 Å². The molecule has 0 spiro atoms. The van der Waals surface area contributed by atoms with Gasteiger partial charge in [0.1, 0.15) is 11.4 Å². The molecular formula is C21H28F3N3O5. The average Bonchev–Trinajstić information content (AvgIpc) is 2.75. The normalized spacial score (nSPS) is 12.1. The van der Waals surface area contributed by atoms with Crippen molar-refractivity contribution in [3.8, 4) is 0 Å². The van der Waals surface area contributed by atoms with E-state index in [9.17, 15) is 32.9 Å². The van der Waals surface area contributed by atoms with Crippen molar-refractivity contribution in [2.75, 3.05) is 19.7 Å². The van der Waals surface area contributed by atoms with Crippen LogP contribution >= 0.6 is 0 Å². The third-order valence-corrected chi connectivity index (χ3v) is 4.69. The number of nitro groups is 1. The molecule has 1 unspecified atom stereocenters. The Morgan fingerprint density at radius 2 is 1.66 bits per heavy atom. The summed E-state index contributed by atoms with van der Waals surface area (Å²) < 4.78 is 47.6. The van der Waals surface area contributed by atoms with Gasteiger partial charge in [-0.05, 0) is 26.7 Å². The molecule has 0 amide bonds. The van der Waals surface area contributed by atoms with Gasteiger partial charge in [-0.15, -0.1) is 0 Å². The fourth-order valence-electron chi connectivity index (χ4n) is 2.86. The number of Topliss-reactive ketones (excluding diaryl/α,β-unsaturated/α-hetero) is 1. The number of hydrazone groups is 1. The molecule has 0 saturated carbocycles. The van der Waals surface area contributed by atoms with Gasteiger partial charge in [0.25, 0.3) is 0 Å². The summed E-state index contributed by atoms with van der Waals surface area (Å²) in [5, 5.41) is 17.1. The van der Waals surface area contributed by atoms with Gasteiger partial charge in [-0.2, -0.15) is 9.49 Å². The standard InChI is InChI=1S/C21H28F3N3O5/c1-5-8-10-26(11-9-6-2)25-12-14(21(29)32-7-3)20(28)15-16(22)13(4)17(23)18(24)19(15)27(30)31/h12,14H,5-11H2,1-4H3. The van der Waals surface area contributed by atoms with Gasteiger partial charge in [0.2, 0.25) is 5.82 Å². The first-order valence-electron chi connectivity index (χ1n) is 10.4. The van der Waals surface area contributed by atoms with Gasteiger partial charge < -0.3 is 4.74 Å². The zero-order valence-corrected chi connectivity index (χ0v) is 18.6. The molecule has 0 N–H and O–H groups in total. The fourth-order valence-corrected chi connectivity index (χ4v) is 2.86. The Labute approximate surface area is 184 Å². The van der Waals surface area contributed by atoms with Crippen LogP contribution in [0, 0.1) is 40.4 Å². The van der Waals surface area contributed by atoms with Crippen LogP contribution in [-0.4, -0.2) is 47.6 Å². The highest BCUT2D eigenvalue weighted by Gasteiger charge is 2.39. The van der Waals surface area contributed by atoms with E-state index < -0.39 is 56.9 Å². The molecule has 0 aliphatic rings. The van der Waals surface area contributed by atoms with Crippen LogP contribution in [-0.2, 0) is 9.53 Å². The van der Waals surface area contributed by atoms with E-state index in [2.05, 4.69) is 5.10 Å². The van der Waals surface area contributed by atoms with E-state index in [1.807, 2.05) is 13.8 Å². The highest BCUT2D eigenvalue weighted by atomic mass is 19.2. The minimum Gasteiger partial charge on any atom is -0.465 e. The predicted molar refractivity (Wildman–Crippen MR) is 112 cm³/mol. The Morgan fingerprint density at radius 3 is 2.12 bits per heavy atom. The molecule has 0 saturated heterocycles. The molecule has 32 heavy (non-hydrogen) atoms. The van der Waals surface area contributed by atoms with E-state index in [0.717, 1.165) is 38.8 Å². The van der Waals surface area contributed by atoms with Crippen molar-refractivity contribution in [3.63, 3.8) is 0 Å². The van der Waals surface area contributed by atoms with Crippen molar-refractivity contribution in [3.05, 3.63) is 38.7 Å². The molecule has 11 heteroatoms. The van der Waals surface area contributed by atoms with Gasteiger partial charge >= 0.3 is 11.7 Å². The number of halogens is 3. The summed E-state index contributed by atoms with van der Waals surface area (Å²) in [5.74, 6) is -9.83. The summed E-state index contributed by atoms with van der Waals surface area (Å²) in [6.07, 6.45) is 4.20. The minimum atomic E-state index is -1.98. The lowest BCUT2D eigenvalue weighted by Crippen LogP contribution is -2.31. The van der Waals surface area contributed by atoms with Crippen molar-refractivity contribution >= 4 is 23.7 Å². The Kier molecular flexibility index (Phi) is 10.8. The summed E-state index contributed by atoms with van der Waals surface area (Å²) in [6.45, 7) is 7.16. The number of hydrogen-bond acceptors (Lipinski definition) is 7. The van der Waals surface area contributed by atoms with E-state index in [4.69, 9.17) is 4.74 Å². The molecule has 1 atom stereocenters. The number of ketones is 1. The molecule has 1 aromatic rings. The molecular weight excluding hydrogens is 431 g/mol. The molecule has 0 fully saturated rings. The number of esters is 1. The van der Waals surface area contributed by atoms with Gasteiger partial charge in [-0.25, -0.2) is 8.78 Å². The maximum Gasteiger partial charge on any atom is 0.322 e. The summed E-state index contributed by atoms with van der Waals surface area (Å²) >= 11 is 0. The predicted octanol–water partition coefficient (Wildman–Crippen LogP) is 4.57. The molecule has 178 valence electrons. The first-order chi connectivity index (χ1) is 15.1. The van der Waals surface area contributed by atoms with E-state index in [-0.39, 0.29) is 6.61 Å². The number of hydrogen-bond donors (Lipinski definition) is 0. The zero-order valence-electron chi connectivity index (χ0n) is 18.6. The molecule has 0 aliphatic heterocycles. The van der Waals surface area contributed by atoms with Gasteiger partial charge in [-0.3, -0.25) is 24.7 Å². The number of benzene rings is 1. The SMILES string of the molecule is CCCCN(CCCC)N=CC(C(=O)OCC)C(=O)c1c(F)c(C)c(F)c(F)c1[N+](=O)[O-]. The van der Waals surface area contributed by atoms with Crippen molar-refractivity contribution in [2.24, 2.45) is 11.0 Å². The zero-order chi connectivity index (χ0) is 24.4. The summed E-state index contributed by atoms with van der Waals surface area (Å²) in [5.41, 5.74) is -3.92. The lowest BCUT2D eigenvalue weighted by molar-refractivity contribution is -0.388. The van der Waals surface area contributed by atoms with Gasteiger partial charge in [-0.1, -0.05) is 26.7 Å². The molecule has 1 aromatic carbocycles. The maximum atomic E-state index is 14.7. The van der Waals surface area contributed by atoms with Gasteiger partial charge in [0.05, 0.1) is 11.5 Å². The first-order valence-corrected chi connectivity index (χ1v) is 10.4. The van der Waals surface area contributed by atoms with E-state index in [0.29, 0.717) is 13.1 Å². The van der Waals surface area contributed by atoms with E-state index in [1.54, 1.807) is 5.01 Å². The number of carbonyl (C=O) groups is 2. The molecule has 1 rings (SSSR count). The van der Waals surface area contributed by atoms with Crippen LogP contribution in [0.2, 0.25) is 0 Å². The largest absolute Gasteiger partial charge is 0.465 e. The smallest absolute Gasteiger partial charge is 0.322 e. The number of nitro benzene ring substituents is 1. The summed E-state index contributed by atoms with van der Waals surface area (Å²) in [7, 11) is 0. The highest BCUT2D eigenvalue weighted by molar-refractivity contribution is 6.20. The second-order valence-corrected chi connectivity index (χ2v) is 7.07. The lowest BCUT2D eigenvalue weighted by Gasteiger charge is -2.19. The molecule has 0 radical (unpaired) electrons. The summed E-state index contributed by atoms with van der Waals surface area (Å²) in [4.78, 5) is 35.3. The molecule has 8 nitrogen and oxygen atoms in total. The number of ether oxygens (including phenoxy) is 1. The third-order valence-electron chi connectivity index (χ3n) is 4.69. The topological polar surface area (TPSA) is 102 Å². The fraction of sp³-hybridized carbons (Fsp3) is 0.571. The summed E-state index contributed by atoms with van der Waals surface area (Å²) in [6, 6.07) is 0. The van der Waals surface area contributed by atoms with Crippen molar-refractivity contribution in [2.45, 2.75) is 53.4 Å². The van der Waals surface area contributed by atoms with Crippen LogP contribution in [0.3, 0.4) is 0 Å². The first kappa shape index (κ1) is 27.1. The van der Waals surface area contributed by atoms with Crippen molar-refractivity contribution in [1.82, 2.24) is 5.01 Å². The molecule has 0 bridgehead atoms. The van der Waals surface area contributed by atoms with Crippen molar-refractivity contribution in [1.29, 1.82) is 0 Å². The van der Waals surface area contributed by atoms with Gasteiger partial charge in [0.15, 0.2) is 17.5 Å². The Bertz CT molecular complexity index is 869. The Hall–Kier alpha value is -2.98. The number of carbonyl (C=O) groups excluding carboxylic acids is 2. The minimum absolute atomic E-state index is 0.132. The van der Waals surface area contributed by atoms with Crippen LogP contribution in [0.4, 0.5) is 18.9 Å². The molecule has 0 aromatic heterocycles. The Morgan fingerprint density at radius 1 is 1.09 bits per heavy atom. The van der Waals surface area contributed by atoms with E-state index >= 15 is 0 Å². The molecule has 0 aliphatic carbocycles. The number of nitrogens with zero attached hydrogens (tertiary/aromatic N) is 3. The Balaban J connectivity index is 3.53. The average molecular weight is 459 g/mol. The van der Waals surface area contributed by atoms with Crippen LogP contribution in [0.1, 0.15) is 62.4 Å². The van der Waals surface area contributed by atoms with Gasteiger partial charge in [0, 0.05) is 24.9 Å². The third kappa shape index (κ3) is 6.51. The molecule has 0 heterocycles. The quantitative estimate of drug-likeness (QED) is 0.0814. The number of rotatable bonds is 13. The number of unbranched alkanes of at least 4 members (excludes halogenated alkanes) is 2. The maximum absolute atomic E-state index is 14.7. The van der Waals surface area contributed by atoms with Crippen LogP contribution in [0.15, 0.2) is 5.10 Å². The monoisotopic (exact) mass is 459 g/mol. The van der Waals surface area contributed by atoms with Crippen LogP contribution in [0.25, 0.3) is 0 Å². The van der Waals surface area contributed by atoms with Crippen LogP contribution in [0.5, 0.6) is 0 Å². The van der Waals surface area contributed by atoms with Crippen LogP contribution < -0.4 is 0 Å².